The van der Waals surface area contributed by atoms with Crippen LogP contribution in [0.4, 0.5) is 0 Å². The van der Waals surface area contributed by atoms with Crippen LogP contribution in [0.25, 0.3) is 6.08 Å². The van der Waals surface area contributed by atoms with Crippen molar-refractivity contribution in [3.8, 4) is 23.0 Å². The zero-order valence-corrected chi connectivity index (χ0v) is 14.2. The summed E-state index contributed by atoms with van der Waals surface area (Å²) >= 11 is 0. The smallest absolute Gasteiger partial charge is 0.203 e. The van der Waals surface area contributed by atoms with Gasteiger partial charge in [0.15, 0.2) is 17.3 Å². The van der Waals surface area contributed by atoms with Gasteiger partial charge in [-0.3, -0.25) is 4.79 Å². The molecule has 24 heavy (non-hydrogen) atoms. The summed E-state index contributed by atoms with van der Waals surface area (Å²) in [5.74, 6) is 1.95. The number of ketones is 1. The average molecular weight is 328 g/mol. The molecule has 0 aromatic heterocycles. The van der Waals surface area contributed by atoms with Crippen molar-refractivity contribution in [1.29, 1.82) is 0 Å². The number of para-hydroxylation sites is 1. The summed E-state index contributed by atoms with van der Waals surface area (Å²) in [5.41, 5.74) is 1.26. The van der Waals surface area contributed by atoms with Crippen molar-refractivity contribution in [2.75, 3.05) is 28.4 Å². The molecule has 0 aliphatic heterocycles. The van der Waals surface area contributed by atoms with Gasteiger partial charge in [-0.25, -0.2) is 0 Å². The second kappa shape index (κ2) is 8.06. The van der Waals surface area contributed by atoms with E-state index in [0.717, 1.165) is 5.56 Å². The lowest BCUT2D eigenvalue weighted by Gasteiger charge is -2.12. The third-order valence-corrected chi connectivity index (χ3v) is 3.49. The first kappa shape index (κ1) is 17.4. The largest absolute Gasteiger partial charge is 0.496 e. The highest BCUT2D eigenvalue weighted by molar-refractivity contribution is 6.08. The van der Waals surface area contributed by atoms with Gasteiger partial charge in [0.2, 0.25) is 5.75 Å². The first-order chi connectivity index (χ1) is 11.6. The molecule has 2 aromatic rings. The lowest BCUT2D eigenvalue weighted by Crippen LogP contribution is -1.98. The maximum absolute atomic E-state index is 12.4. The van der Waals surface area contributed by atoms with E-state index in [-0.39, 0.29) is 5.78 Å². The number of hydrogen-bond acceptors (Lipinski definition) is 5. The normalized spacial score (nSPS) is 10.5. The van der Waals surface area contributed by atoms with Gasteiger partial charge in [-0.15, -0.1) is 0 Å². The number of methoxy groups -OCH3 is 4. The van der Waals surface area contributed by atoms with Crippen molar-refractivity contribution < 1.29 is 23.7 Å². The minimum Gasteiger partial charge on any atom is -0.496 e. The monoisotopic (exact) mass is 328 g/mol. The molecule has 0 heterocycles. The van der Waals surface area contributed by atoms with E-state index in [1.807, 2.05) is 6.07 Å². The van der Waals surface area contributed by atoms with Crippen LogP contribution in [0.15, 0.2) is 42.5 Å². The molecule has 0 fully saturated rings. The predicted molar refractivity (Wildman–Crippen MR) is 92.5 cm³/mol. The van der Waals surface area contributed by atoms with Crippen molar-refractivity contribution in [2.24, 2.45) is 0 Å². The van der Waals surface area contributed by atoms with Crippen molar-refractivity contribution in [2.45, 2.75) is 0 Å². The molecule has 0 radical (unpaired) electrons. The van der Waals surface area contributed by atoms with Crippen LogP contribution in [-0.4, -0.2) is 34.2 Å². The Labute approximate surface area is 141 Å². The topological polar surface area (TPSA) is 54.0 Å². The van der Waals surface area contributed by atoms with E-state index in [9.17, 15) is 4.79 Å². The number of allylic oxidation sites excluding steroid dienone is 1. The van der Waals surface area contributed by atoms with Gasteiger partial charge in [0.05, 0.1) is 34.0 Å². The first-order valence-corrected chi connectivity index (χ1v) is 7.30. The SMILES string of the molecule is COc1ccccc1C(=O)C=Cc1cc(OC)c(OC)c(OC)c1. The molecule has 2 aromatic carbocycles. The number of carbonyl (C=O) groups excluding carboxylic acids is 1. The Balaban J connectivity index is 2.33. The summed E-state index contributed by atoms with van der Waals surface area (Å²) in [6.07, 6.45) is 3.18. The summed E-state index contributed by atoms with van der Waals surface area (Å²) in [4.78, 5) is 12.4. The fourth-order valence-corrected chi connectivity index (χ4v) is 2.31. The van der Waals surface area contributed by atoms with Crippen LogP contribution in [-0.2, 0) is 0 Å². The Morgan fingerprint density at radius 2 is 1.42 bits per heavy atom. The fourth-order valence-electron chi connectivity index (χ4n) is 2.31. The summed E-state index contributed by atoms with van der Waals surface area (Å²) in [5, 5.41) is 0. The van der Waals surface area contributed by atoms with Gasteiger partial charge in [0.1, 0.15) is 5.75 Å². The molecular formula is C19H20O5. The minimum absolute atomic E-state index is 0.152. The maximum Gasteiger partial charge on any atom is 0.203 e. The van der Waals surface area contributed by atoms with Crippen LogP contribution >= 0.6 is 0 Å². The van der Waals surface area contributed by atoms with Gasteiger partial charge in [-0.1, -0.05) is 18.2 Å². The summed E-state index contributed by atoms with van der Waals surface area (Å²) in [6, 6.07) is 10.6. The highest BCUT2D eigenvalue weighted by Gasteiger charge is 2.13. The number of ether oxygens (including phenoxy) is 4. The van der Waals surface area contributed by atoms with Crippen LogP contribution in [0.3, 0.4) is 0 Å². The molecule has 2 rings (SSSR count). The van der Waals surface area contributed by atoms with E-state index in [2.05, 4.69) is 0 Å². The average Bonchev–Trinajstić information content (AvgIpc) is 2.64. The van der Waals surface area contributed by atoms with E-state index >= 15 is 0 Å². The van der Waals surface area contributed by atoms with E-state index in [4.69, 9.17) is 18.9 Å². The van der Waals surface area contributed by atoms with Gasteiger partial charge in [0, 0.05) is 0 Å². The van der Waals surface area contributed by atoms with Crippen molar-refractivity contribution in [1.82, 2.24) is 0 Å². The molecule has 0 N–H and O–H groups in total. The van der Waals surface area contributed by atoms with Crippen LogP contribution in [0.1, 0.15) is 15.9 Å². The Kier molecular flexibility index (Phi) is 5.84. The summed E-state index contributed by atoms with van der Waals surface area (Å²) in [6.45, 7) is 0. The molecule has 0 unspecified atom stereocenters. The molecular weight excluding hydrogens is 308 g/mol. The molecule has 0 aliphatic carbocycles. The van der Waals surface area contributed by atoms with E-state index in [1.165, 1.54) is 13.2 Å². The molecule has 0 aliphatic rings. The third-order valence-electron chi connectivity index (χ3n) is 3.49. The Morgan fingerprint density at radius 3 is 1.96 bits per heavy atom. The second-order valence-corrected chi connectivity index (χ2v) is 4.86. The zero-order valence-electron chi connectivity index (χ0n) is 14.2. The molecule has 0 saturated carbocycles. The maximum atomic E-state index is 12.4. The zero-order chi connectivity index (χ0) is 17.5. The lowest BCUT2D eigenvalue weighted by molar-refractivity contribution is 0.104. The van der Waals surface area contributed by atoms with Gasteiger partial charge in [-0.2, -0.15) is 0 Å². The van der Waals surface area contributed by atoms with Gasteiger partial charge >= 0.3 is 0 Å². The minimum atomic E-state index is -0.152. The Bertz CT molecular complexity index is 724. The number of rotatable bonds is 7. The summed E-state index contributed by atoms with van der Waals surface area (Å²) < 4.78 is 21.1. The van der Waals surface area contributed by atoms with Crippen LogP contribution in [0.5, 0.6) is 23.0 Å². The molecule has 5 heteroatoms. The molecule has 0 bridgehead atoms. The number of carbonyl (C=O) groups is 1. The highest BCUT2D eigenvalue weighted by Crippen LogP contribution is 2.38. The lowest BCUT2D eigenvalue weighted by atomic mass is 10.1. The number of hydrogen-bond donors (Lipinski definition) is 0. The van der Waals surface area contributed by atoms with Crippen LogP contribution in [0, 0.1) is 0 Å². The molecule has 126 valence electrons. The van der Waals surface area contributed by atoms with Crippen LogP contribution in [0.2, 0.25) is 0 Å². The molecule has 0 spiro atoms. The predicted octanol–water partition coefficient (Wildman–Crippen LogP) is 3.62. The highest BCUT2D eigenvalue weighted by atomic mass is 16.5. The third kappa shape index (κ3) is 3.68. The fraction of sp³-hybridized carbons (Fsp3) is 0.211. The number of benzene rings is 2. The first-order valence-electron chi connectivity index (χ1n) is 7.30. The van der Waals surface area contributed by atoms with E-state index in [1.54, 1.807) is 57.7 Å². The van der Waals surface area contributed by atoms with E-state index in [0.29, 0.717) is 28.6 Å². The molecule has 0 atom stereocenters. The molecule has 5 nitrogen and oxygen atoms in total. The molecule has 0 saturated heterocycles. The molecule has 0 amide bonds. The Morgan fingerprint density at radius 1 is 0.833 bits per heavy atom. The van der Waals surface area contributed by atoms with Gasteiger partial charge < -0.3 is 18.9 Å². The van der Waals surface area contributed by atoms with Gasteiger partial charge in [-0.05, 0) is 35.9 Å². The summed E-state index contributed by atoms with van der Waals surface area (Å²) in [7, 11) is 6.17. The quantitative estimate of drug-likeness (QED) is 0.574. The Hall–Kier alpha value is -2.95. The van der Waals surface area contributed by atoms with Gasteiger partial charge in [0.25, 0.3) is 0 Å². The van der Waals surface area contributed by atoms with Crippen molar-refractivity contribution in [3.63, 3.8) is 0 Å². The van der Waals surface area contributed by atoms with E-state index < -0.39 is 0 Å². The van der Waals surface area contributed by atoms with Crippen LogP contribution < -0.4 is 18.9 Å². The second-order valence-electron chi connectivity index (χ2n) is 4.86. The standard InChI is InChI=1S/C19H20O5/c1-21-16-8-6-5-7-14(16)15(20)10-9-13-11-17(22-2)19(24-4)18(12-13)23-3/h5-12H,1-4H3. The van der Waals surface area contributed by atoms with Crippen molar-refractivity contribution >= 4 is 11.9 Å². The van der Waals surface area contributed by atoms with Crippen molar-refractivity contribution in [3.05, 3.63) is 53.6 Å².